The number of aliphatic hydroxyl groups is 1. The Labute approximate surface area is 206 Å². The predicted octanol–water partition coefficient (Wildman–Crippen LogP) is 4.25. The van der Waals surface area contributed by atoms with Crippen molar-refractivity contribution in [1.29, 1.82) is 0 Å². The minimum Gasteiger partial charge on any atom is -0.392 e. The number of nitrogens with zero attached hydrogens (tertiary/aromatic N) is 2. The Morgan fingerprint density at radius 1 is 1.09 bits per heavy atom. The first-order chi connectivity index (χ1) is 17.0. The van der Waals surface area contributed by atoms with E-state index in [1.54, 1.807) is 0 Å². The number of carbonyl (C=O) groups excluding carboxylic acids is 1. The van der Waals surface area contributed by atoms with Crippen LogP contribution in [0.15, 0.2) is 72.9 Å². The number of hydrogen-bond acceptors (Lipinski definition) is 6. The summed E-state index contributed by atoms with van der Waals surface area (Å²) in [5, 5.41) is 12.2. The van der Waals surface area contributed by atoms with Gasteiger partial charge in [0, 0.05) is 56.0 Å². The van der Waals surface area contributed by atoms with E-state index in [2.05, 4.69) is 22.2 Å². The Balaban J connectivity index is 1.49. The Kier molecular flexibility index (Phi) is 8.60. The van der Waals surface area contributed by atoms with Gasteiger partial charge in [0.2, 0.25) is 5.91 Å². The molecule has 2 N–H and O–H groups in total. The summed E-state index contributed by atoms with van der Waals surface area (Å²) in [4.78, 5) is 18.2. The molecule has 1 aliphatic rings. The molecular formula is C28H33N3O4. The van der Waals surface area contributed by atoms with Crippen molar-refractivity contribution in [2.45, 2.75) is 44.9 Å². The molecule has 1 aliphatic heterocycles. The summed E-state index contributed by atoms with van der Waals surface area (Å²) in [6, 6.07) is 21.4. The second kappa shape index (κ2) is 12.0. The van der Waals surface area contributed by atoms with Gasteiger partial charge in [-0.15, -0.1) is 0 Å². The van der Waals surface area contributed by atoms with Crippen molar-refractivity contribution in [3.63, 3.8) is 0 Å². The number of amides is 1. The molecule has 3 aromatic rings. The van der Waals surface area contributed by atoms with Crippen LogP contribution in [0.1, 0.15) is 48.1 Å². The Morgan fingerprint density at radius 3 is 2.63 bits per heavy atom. The first-order valence-corrected chi connectivity index (χ1v) is 12.0. The Morgan fingerprint density at radius 2 is 1.91 bits per heavy atom. The number of rotatable bonds is 9. The number of pyridine rings is 1. The van der Waals surface area contributed by atoms with Gasteiger partial charge in [-0.05, 0) is 42.4 Å². The molecule has 0 aliphatic carbocycles. The van der Waals surface area contributed by atoms with Crippen molar-refractivity contribution in [3.8, 4) is 0 Å². The van der Waals surface area contributed by atoms with Gasteiger partial charge in [0.25, 0.3) is 0 Å². The summed E-state index contributed by atoms with van der Waals surface area (Å²) in [6.45, 7) is 3.12. The Bertz CT molecular complexity index is 1090. The van der Waals surface area contributed by atoms with Crippen LogP contribution < -0.4 is 5.32 Å². The van der Waals surface area contributed by atoms with Crippen LogP contribution in [0.25, 0.3) is 0 Å². The molecule has 0 saturated carbocycles. The number of benzene rings is 2. The smallest absolute Gasteiger partial charge is 0.221 e. The van der Waals surface area contributed by atoms with E-state index >= 15 is 0 Å². The molecule has 35 heavy (non-hydrogen) atoms. The Hall–Kier alpha value is -3.10. The topological polar surface area (TPSA) is 83.9 Å². The van der Waals surface area contributed by atoms with E-state index in [-0.39, 0.29) is 24.7 Å². The van der Waals surface area contributed by atoms with Crippen LogP contribution in [0.2, 0.25) is 0 Å². The van der Waals surface area contributed by atoms with E-state index in [4.69, 9.17) is 9.47 Å². The molecule has 7 nitrogen and oxygen atoms in total. The van der Waals surface area contributed by atoms with Crippen LogP contribution in [-0.2, 0) is 27.3 Å². The van der Waals surface area contributed by atoms with Gasteiger partial charge in [0.05, 0.1) is 18.8 Å². The molecule has 7 heteroatoms. The lowest BCUT2D eigenvalue weighted by Gasteiger charge is -2.38. The number of nitrogens with one attached hydrogen (secondary N) is 1. The third-order valence-electron chi connectivity index (χ3n) is 6.09. The van der Waals surface area contributed by atoms with E-state index < -0.39 is 6.29 Å². The standard InChI is InChI=1S/C28H33N3O4/c1-20(33)30-25-8-5-6-23(16-25)28-34-26(18-31(2)15-13-24-7-3-4-14-29-24)17-27(35-28)22-11-9-21(19-32)10-12-22/h3-12,14,16,26-28,32H,13,15,17-19H2,1-2H3,(H,30,33). The fourth-order valence-electron chi connectivity index (χ4n) is 4.29. The molecule has 1 amide bonds. The van der Waals surface area contributed by atoms with Crippen molar-refractivity contribution in [1.82, 2.24) is 9.88 Å². The maximum Gasteiger partial charge on any atom is 0.221 e. The van der Waals surface area contributed by atoms with Crippen LogP contribution >= 0.6 is 0 Å². The predicted molar refractivity (Wildman–Crippen MR) is 135 cm³/mol. The van der Waals surface area contributed by atoms with Crippen molar-refractivity contribution >= 4 is 11.6 Å². The summed E-state index contributed by atoms with van der Waals surface area (Å²) >= 11 is 0. The van der Waals surface area contributed by atoms with Gasteiger partial charge in [-0.3, -0.25) is 9.78 Å². The van der Waals surface area contributed by atoms with E-state index in [9.17, 15) is 9.90 Å². The van der Waals surface area contributed by atoms with Crippen molar-refractivity contribution in [2.75, 3.05) is 25.5 Å². The lowest BCUT2D eigenvalue weighted by atomic mass is 9.99. The molecule has 1 aromatic heterocycles. The average molecular weight is 476 g/mol. The maximum atomic E-state index is 11.5. The molecular weight excluding hydrogens is 442 g/mol. The fourth-order valence-corrected chi connectivity index (χ4v) is 4.29. The summed E-state index contributed by atoms with van der Waals surface area (Å²) in [7, 11) is 2.10. The third-order valence-corrected chi connectivity index (χ3v) is 6.09. The summed E-state index contributed by atoms with van der Waals surface area (Å²) in [5.41, 5.74) is 4.55. The zero-order valence-electron chi connectivity index (χ0n) is 20.3. The zero-order valence-corrected chi connectivity index (χ0v) is 20.3. The average Bonchev–Trinajstić information content (AvgIpc) is 2.88. The number of ether oxygens (including phenoxy) is 2. The minimum absolute atomic E-state index is 0.0111. The molecule has 2 aromatic carbocycles. The molecule has 1 saturated heterocycles. The second-order valence-electron chi connectivity index (χ2n) is 8.99. The summed E-state index contributed by atoms with van der Waals surface area (Å²) < 4.78 is 12.8. The number of hydrogen-bond donors (Lipinski definition) is 2. The second-order valence-corrected chi connectivity index (χ2v) is 8.99. The minimum atomic E-state index is -0.561. The normalized spacial score (nSPS) is 20.1. The van der Waals surface area contributed by atoms with Gasteiger partial charge in [-0.25, -0.2) is 0 Å². The number of aromatic nitrogens is 1. The zero-order chi connectivity index (χ0) is 24.6. The molecule has 0 bridgehead atoms. The van der Waals surface area contributed by atoms with Crippen LogP contribution in [0.3, 0.4) is 0 Å². The quantitative estimate of drug-likeness (QED) is 0.481. The van der Waals surface area contributed by atoms with Crippen LogP contribution in [-0.4, -0.2) is 47.1 Å². The lowest BCUT2D eigenvalue weighted by Crippen LogP contribution is -2.38. The maximum absolute atomic E-state index is 11.5. The van der Waals surface area contributed by atoms with Crippen LogP contribution in [0.4, 0.5) is 5.69 Å². The SMILES string of the molecule is CC(=O)Nc1cccc(C2OC(CN(C)CCc3ccccn3)CC(c3ccc(CO)cc3)O2)c1. The molecule has 0 spiro atoms. The van der Waals surface area contributed by atoms with E-state index in [1.807, 2.05) is 72.9 Å². The highest BCUT2D eigenvalue weighted by Gasteiger charge is 2.32. The van der Waals surface area contributed by atoms with Crippen LogP contribution in [0.5, 0.6) is 0 Å². The first-order valence-electron chi connectivity index (χ1n) is 12.0. The van der Waals surface area contributed by atoms with Gasteiger partial charge in [-0.2, -0.15) is 0 Å². The monoisotopic (exact) mass is 475 g/mol. The fraction of sp³-hybridized carbons (Fsp3) is 0.357. The van der Waals surface area contributed by atoms with E-state index in [1.165, 1.54) is 6.92 Å². The summed E-state index contributed by atoms with van der Waals surface area (Å²) in [5.74, 6) is -0.123. The van der Waals surface area contributed by atoms with E-state index in [0.29, 0.717) is 12.1 Å². The molecule has 2 heterocycles. The van der Waals surface area contributed by atoms with Crippen molar-refractivity contribution in [2.24, 2.45) is 0 Å². The van der Waals surface area contributed by atoms with Gasteiger partial charge < -0.3 is 24.8 Å². The molecule has 0 radical (unpaired) electrons. The highest BCUT2D eigenvalue weighted by Crippen LogP contribution is 2.38. The summed E-state index contributed by atoms with van der Waals surface area (Å²) in [6.07, 6.45) is 2.65. The molecule has 184 valence electrons. The van der Waals surface area contributed by atoms with Gasteiger partial charge in [0.1, 0.15) is 0 Å². The molecule has 3 unspecified atom stereocenters. The van der Waals surface area contributed by atoms with E-state index in [0.717, 1.165) is 41.9 Å². The van der Waals surface area contributed by atoms with Gasteiger partial charge in [-0.1, -0.05) is 42.5 Å². The highest BCUT2D eigenvalue weighted by molar-refractivity contribution is 5.88. The molecule has 3 atom stereocenters. The van der Waals surface area contributed by atoms with Crippen LogP contribution in [0, 0.1) is 0 Å². The highest BCUT2D eigenvalue weighted by atomic mass is 16.7. The van der Waals surface area contributed by atoms with Gasteiger partial charge >= 0.3 is 0 Å². The molecule has 4 rings (SSSR count). The first kappa shape index (κ1) is 25.0. The largest absolute Gasteiger partial charge is 0.392 e. The van der Waals surface area contributed by atoms with Gasteiger partial charge in [0.15, 0.2) is 6.29 Å². The lowest BCUT2D eigenvalue weighted by molar-refractivity contribution is -0.252. The number of likely N-dealkylation sites (N-methyl/N-ethyl adjacent to an activating group) is 1. The number of carbonyl (C=O) groups is 1. The number of anilines is 1. The molecule has 1 fully saturated rings. The van der Waals surface area contributed by atoms with Crippen molar-refractivity contribution in [3.05, 3.63) is 95.3 Å². The number of aliphatic hydroxyl groups excluding tert-OH is 1. The third kappa shape index (κ3) is 7.19. The van der Waals surface area contributed by atoms with Crippen molar-refractivity contribution < 1.29 is 19.4 Å².